The summed E-state index contributed by atoms with van der Waals surface area (Å²) in [5, 5.41) is 2.55. The summed E-state index contributed by atoms with van der Waals surface area (Å²) in [4.78, 5) is 11.4. The van der Waals surface area contributed by atoms with Crippen molar-refractivity contribution in [1.82, 2.24) is 5.32 Å². The van der Waals surface area contributed by atoms with E-state index < -0.39 is 0 Å². The van der Waals surface area contributed by atoms with Gasteiger partial charge in [0.15, 0.2) is 0 Å². The summed E-state index contributed by atoms with van der Waals surface area (Å²) in [6.45, 7) is 5.78. The first-order valence-corrected chi connectivity index (χ1v) is 5.54. The fraction of sp³-hybridized carbons (Fsp3) is 0.250. The maximum Gasteiger partial charge on any atom is 0.279 e. The summed E-state index contributed by atoms with van der Waals surface area (Å²) in [7, 11) is 1.63. The Kier molecular flexibility index (Phi) is 3.97. The molecule has 15 heavy (non-hydrogen) atoms. The van der Waals surface area contributed by atoms with Gasteiger partial charge in [-0.1, -0.05) is 36.4 Å². The highest BCUT2D eigenvalue weighted by molar-refractivity contribution is 8.14. The van der Waals surface area contributed by atoms with Gasteiger partial charge in [-0.05, 0) is 24.2 Å². The Balaban J connectivity index is 2.95. The molecule has 0 radical (unpaired) electrons. The third kappa shape index (κ3) is 2.86. The molecule has 1 atom stereocenters. The molecule has 1 aromatic rings. The molecule has 0 saturated heterocycles. The number of carbonyl (C=O) groups is 1. The standard InChI is InChI=1S/C12H15NOS/c1-4-12(2,15-11(14)13-3)10-8-6-5-7-9-10/h4-9H,1H2,2-3H3,(H,13,14)/t12-/m0/s1. The number of amides is 1. The fourth-order valence-electron chi connectivity index (χ4n) is 1.23. The highest BCUT2D eigenvalue weighted by Crippen LogP contribution is 2.37. The normalized spacial score (nSPS) is 14.0. The van der Waals surface area contributed by atoms with Gasteiger partial charge < -0.3 is 5.32 Å². The second-order valence-electron chi connectivity index (χ2n) is 3.32. The first-order chi connectivity index (χ1) is 7.12. The van der Waals surface area contributed by atoms with Crippen molar-refractivity contribution in [3.63, 3.8) is 0 Å². The Hall–Kier alpha value is -1.22. The van der Waals surface area contributed by atoms with Crippen LogP contribution >= 0.6 is 11.8 Å². The van der Waals surface area contributed by atoms with Crippen LogP contribution < -0.4 is 5.32 Å². The van der Waals surface area contributed by atoms with Crippen molar-refractivity contribution in [2.75, 3.05) is 7.05 Å². The average molecular weight is 221 g/mol. The van der Waals surface area contributed by atoms with E-state index in [4.69, 9.17) is 0 Å². The van der Waals surface area contributed by atoms with Gasteiger partial charge in [-0.3, -0.25) is 4.79 Å². The quantitative estimate of drug-likeness (QED) is 0.794. The van der Waals surface area contributed by atoms with Crippen molar-refractivity contribution >= 4 is 17.0 Å². The Morgan fingerprint density at radius 3 is 2.53 bits per heavy atom. The number of thioether (sulfide) groups is 1. The van der Waals surface area contributed by atoms with E-state index in [1.54, 1.807) is 13.1 Å². The molecule has 0 aromatic heterocycles. The molecular weight excluding hydrogens is 206 g/mol. The maximum absolute atomic E-state index is 11.4. The minimum atomic E-state index is -0.374. The van der Waals surface area contributed by atoms with E-state index in [2.05, 4.69) is 11.9 Å². The SMILES string of the molecule is C=C[C@](C)(SC(=O)NC)c1ccccc1. The number of hydrogen-bond acceptors (Lipinski definition) is 2. The van der Waals surface area contributed by atoms with Gasteiger partial charge in [-0.15, -0.1) is 6.58 Å². The van der Waals surface area contributed by atoms with Crippen LogP contribution in [0.5, 0.6) is 0 Å². The van der Waals surface area contributed by atoms with E-state index in [0.717, 1.165) is 5.56 Å². The average Bonchev–Trinajstić information content (AvgIpc) is 2.30. The van der Waals surface area contributed by atoms with Gasteiger partial charge in [0.1, 0.15) is 0 Å². The van der Waals surface area contributed by atoms with Crippen molar-refractivity contribution in [2.45, 2.75) is 11.7 Å². The van der Waals surface area contributed by atoms with Gasteiger partial charge in [-0.2, -0.15) is 0 Å². The third-order valence-corrected chi connectivity index (χ3v) is 3.46. The molecule has 0 fully saturated rings. The Bertz CT molecular complexity index is 350. The summed E-state index contributed by atoms with van der Waals surface area (Å²) in [5.41, 5.74) is 1.08. The molecule has 0 unspecified atom stereocenters. The van der Waals surface area contributed by atoms with E-state index in [1.165, 1.54) is 11.8 Å². The molecule has 0 aliphatic rings. The summed E-state index contributed by atoms with van der Waals surface area (Å²) >= 11 is 1.23. The van der Waals surface area contributed by atoms with Crippen LogP contribution in [-0.2, 0) is 4.75 Å². The number of rotatable bonds is 3. The van der Waals surface area contributed by atoms with Crippen LogP contribution in [-0.4, -0.2) is 12.3 Å². The zero-order valence-electron chi connectivity index (χ0n) is 8.99. The molecule has 2 nitrogen and oxygen atoms in total. The zero-order chi connectivity index (χ0) is 11.3. The van der Waals surface area contributed by atoms with Crippen molar-refractivity contribution in [3.8, 4) is 0 Å². The van der Waals surface area contributed by atoms with Gasteiger partial charge >= 0.3 is 0 Å². The molecule has 80 valence electrons. The van der Waals surface area contributed by atoms with Crippen LogP contribution in [0, 0.1) is 0 Å². The molecule has 0 spiro atoms. The lowest BCUT2D eigenvalue weighted by molar-refractivity contribution is 0.262. The topological polar surface area (TPSA) is 29.1 Å². The lowest BCUT2D eigenvalue weighted by Crippen LogP contribution is -2.22. The minimum Gasteiger partial charge on any atom is -0.350 e. The monoisotopic (exact) mass is 221 g/mol. The molecule has 0 aliphatic carbocycles. The van der Waals surface area contributed by atoms with Crippen LogP contribution in [0.4, 0.5) is 4.79 Å². The molecule has 0 heterocycles. The Morgan fingerprint density at radius 2 is 2.07 bits per heavy atom. The van der Waals surface area contributed by atoms with Gasteiger partial charge in [0, 0.05) is 7.05 Å². The number of nitrogens with one attached hydrogen (secondary N) is 1. The maximum atomic E-state index is 11.4. The van der Waals surface area contributed by atoms with Crippen molar-refractivity contribution in [1.29, 1.82) is 0 Å². The zero-order valence-corrected chi connectivity index (χ0v) is 9.80. The third-order valence-electron chi connectivity index (χ3n) is 2.25. The Labute approximate surface area is 94.8 Å². The van der Waals surface area contributed by atoms with Crippen LogP contribution in [0.15, 0.2) is 43.0 Å². The van der Waals surface area contributed by atoms with E-state index in [0.29, 0.717) is 0 Å². The van der Waals surface area contributed by atoms with Crippen LogP contribution in [0.25, 0.3) is 0 Å². The molecule has 1 aromatic carbocycles. The van der Waals surface area contributed by atoms with Crippen LogP contribution in [0.1, 0.15) is 12.5 Å². The highest BCUT2D eigenvalue weighted by Gasteiger charge is 2.26. The molecule has 1 rings (SSSR count). The molecule has 1 N–H and O–H groups in total. The molecule has 1 amide bonds. The van der Waals surface area contributed by atoms with Gasteiger partial charge in [0.25, 0.3) is 5.24 Å². The molecule has 0 bridgehead atoms. The lowest BCUT2D eigenvalue weighted by Gasteiger charge is -2.24. The van der Waals surface area contributed by atoms with Crippen molar-refractivity contribution in [2.24, 2.45) is 0 Å². The Morgan fingerprint density at radius 1 is 1.47 bits per heavy atom. The smallest absolute Gasteiger partial charge is 0.279 e. The first kappa shape index (κ1) is 11.9. The summed E-state index contributed by atoms with van der Waals surface area (Å²) < 4.78 is -0.374. The predicted octanol–water partition coefficient (Wildman–Crippen LogP) is 3.16. The largest absolute Gasteiger partial charge is 0.350 e. The van der Waals surface area contributed by atoms with E-state index in [1.807, 2.05) is 37.3 Å². The van der Waals surface area contributed by atoms with E-state index in [-0.39, 0.29) is 9.99 Å². The van der Waals surface area contributed by atoms with Crippen LogP contribution in [0.2, 0.25) is 0 Å². The van der Waals surface area contributed by atoms with Crippen molar-refractivity contribution in [3.05, 3.63) is 48.6 Å². The number of hydrogen-bond donors (Lipinski definition) is 1. The van der Waals surface area contributed by atoms with Gasteiger partial charge in [0.2, 0.25) is 0 Å². The fourth-order valence-corrected chi connectivity index (χ4v) is 2.06. The van der Waals surface area contributed by atoms with Gasteiger partial charge in [-0.25, -0.2) is 0 Å². The molecule has 0 saturated carbocycles. The lowest BCUT2D eigenvalue weighted by atomic mass is 10.0. The number of benzene rings is 1. The molecular formula is C12H15NOS. The second-order valence-corrected chi connectivity index (χ2v) is 4.74. The first-order valence-electron chi connectivity index (χ1n) is 4.72. The van der Waals surface area contributed by atoms with Crippen LogP contribution in [0.3, 0.4) is 0 Å². The summed E-state index contributed by atoms with van der Waals surface area (Å²) in [5.74, 6) is 0. The minimum absolute atomic E-state index is 0.0544. The molecule has 0 aliphatic heterocycles. The second kappa shape index (κ2) is 5.03. The van der Waals surface area contributed by atoms with E-state index in [9.17, 15) is 4.79 Å². The highest BCUT2D eigenvalue weighted by atomic mass is 32.2. The van der Waals surface area contributed by atoms with E-state index >= 15 is 0 Å². The predicted molar refractivity (Wildman–Crippen MR) is 66.0 cm³/mol. The summed E-state index contributed by atoms with van der Waals surface area (Å²) in [6, 6.07) is 9.87. The van der Waals surface area contributed by atoms with Gasteiger partial charge in [0.05, 0.1) is 4.75 Å². The molecule has 3 heteroatoms. The number of carbonyl (C=O) groups excluding carboxylic acids is 1. The summed E-state index contributed by atoms with van der Waals surface area (Å²) in [6.07, 6.45) is 1.79. The van der Waals surface area contributed by atoms with Crippen molar-refractivity contribution < 1.29 is 4.79 Å².